The van der Waals surface area contributed by atoms with Crippen LogP contribution in [-0.2, 0) is 12.4 Å². The molecule has 1 aliphatic rings. The van der Waals surface area contributed by atoms with Crippen molar-refractivity contribution in [2.45, 2.75) is 38.2 Å². The van der Waals surface area contributed by atoms with Crippen LogP contribution in [0.15, 0.2) is 18.2 Å². The van der Waals surface area contributed by atoms with Crippen LogP contribution in [0.25, 0.3) is 11.0 Å². The first kappa shape index (κ1) is 14.7. The Balaban J connectivity index is 1.87. The molecule has 0 radical (unpaired) electrons. The molecule has 3 rings (SSSR count). The normalized spacial score (nSPS) is 15.0. The molecule has 5 heteroatoms. The maximum absolute atomic E-state index is 6.07. The van der Waals surface area contributed by atoms with E-state index in [4.69, 9.17) is 16.3 Å². The van der Waals surface area contributed by atoms with E-state index in [0.29, 0.717) is 5.88 Å². The van der Waals surface area contributed by atoms with Crippen LogP contribution in [0.3, 0.4) is 0 Å². The zero-order chi connectivity index (χ0) is 14.8. The number of fused-ring (bicyclic) bond motifs is 1. The van der Waals surface area contributed by atoms with Crippen molar-refractivity contribution in [3.63, 3.8) is 0 Å². The third kappa shape index (κ3) is 3.01. The molecule has 1 heterocycles. The smallest absolute Gasteiger partial charge is 0.124 e. The van der Waals surface area contributed by atoms with Gasteiger partial charge in [0.15, 0.2) is 0 Å². The Morgan fingerprint density at radius 1 is 1.43 bits per heavy atom. The highest BCUT2D eigenvalue weighted by atomic mass is 35.5. The summed E-state index contributed by atoms with van der Waals surface area (Å²) < 4.78 is 7.56. The number of aromatic nitrogens is 2. The third-order valence-corrected chi connectivity index (χ3v) is 4.47. The van der Waals surface area contributed by atoms with Crippen molar-refractivity contribution in [2.75, 3.05) is 20.2 Å². The molecule has 0 atom stereocenters. The summed E-state index contributed by atoms with van der Waals surface area (Å²) >= 11 is 6.07. The number of halogens is 1. The van der Waals surface area contributed by atoms with E-state index >= 15 is 0 Å². The summed E-state index contributed by atoms with van der Waals surface area (Å²) in [5.41, 5.74) is 2.10. The Morgan fingerprint density at radius 2 is 2.24 bits per heavy atom. The van der Waals surface area contributed by atoms with Gasteiger partial charge in [-0.1, -0.05) is 6.92 Å². The predicted molar refractivity (Wildman–Crippen MR) is 86.1 cm³/mol. The molecule has 0 saturated heterocycles. The maximum Gasteiger partial charge on any atom is 0.124 e. The van der Waals surface area contributed by atoms with Gasteiger partial charge in [-0.05, 0) is 31.5 Å². The molecule has 0 N–H and O–H groups in total. The minimum Gasteiger partial charge on any atom is -0.497 e. The number of hydrogen-bond acceptors (Lipinski definition) is 3. The SMILES string of the molecule is CCN(CCn1c(CCl)nc2ccc(OC)cc21)C1CC1. The summed E-state index contributed by atoms with van der Waals surface area (Å²) in [5, 5.41) is 0. The fourth-order valence-corrected chi connectivity index (χ4v) is 3.10. The van der Waals surface area contributed by atoms with E-state index in [1.165, 1.54) is 12.8 Å². The molecule has 4 nitrogen and oxygen atoms in total. The highest BCUT2D eigenvalue weighted by Crippen LogP contribution is 2.27. The van der Waals surface area contributed by atoms with Gasteiger partial charge < -0.3 is 9.30 Å². The molecule has 114 valence electrons. The molecular weight excluding hydrogens is 286 g/mol. The van der Waals surface area contributed by atoms with Crippen LogP contribution < -0.4 is 4.74 Å². The summed E-state index contributed by atoms with van der Waals surface area (Å²) in [6.07, 6.45) is 2.68. The number of rotatable bonds is 7. The number of likely N-dealkylation sites (N-methyl/N-ethyl adjacent to an activating group) is 1. The van der Waals surface area contributed by atoms with Crippen molar-refractivity contribution in [1.29, 1.82) is 0 Å². The quantitative estimate of drug-likeness (QED) is 0.736. The van der Waals surface area contributed by atoms with E-state index in [-0.39, 0.29) is 0 Å². The van der Waals surface area contributed by atoms with Gasteiger partial charge in [0, 0.05) is 25.2 Å². The molecule has 21 heavy (non-hydrogen) atoms. The summed E-state index contributed by atoms with van der Waals surface area (Å²) in [7, 11) is 1.69. The van der Waals surface area contributed by atoms with Gasteiger partial charge >= 0.3 is 0 Å². The van der Waals surface area contributed by atoms with E-state index in [0.717, 1.165) is 48.3 Å². The predicted octanol–water partition coefficient (Wildman–Crippen LogP) is 3.27. The zero-order valence-corrected chi connectivity index (χ0v) is 13.4. The second-order valence-corrected chi connectivity index (χ2v) is 5.79. The van der Waals surface area contributed by atoms with Gasteiger partial charge in [-0.3, -0.25) is 4.90 Å². The van der Waals surface area contributed by atoms with Gasteiger partial charge in [0.25, 0.3) is 0 Å². The average Bonchev–Trinajstić information content (AvgIpc) is 3.29. The molecule has 1 aromatic carbocycles. The Labute approximate surface area is 130 Å². The van der Waals surface area contributed by atoms with E-state index in [1.54, 1.807) is 7.11 Å². The highest BCUT2D eigenvalue weighted by molar-refractivity contribution is 6.16. The van der Waals surface area contributed by atoms with Gasteiger partial charge in [0.05, 0.1) is 24.0 Å². The largest absolute Gasteiger partial charge is 0.497 e. The van der Waals surface area contributed by atoms with Gasteiger partial charge in [0.2, 0.25) is 0 Å². The molecule has 0 aliphatic heterocycles. The molecule has 0 amide bonds. The van der Waals surface area contributed by atoms with Crippen molar-refractivity contribution >= 4 is 22.6 Å². The van der Waals surface area contributed by atoms with Crippen molar-refractivity contribution in [2.24, 2.45) is 0 Å². The van der Waals surface area contributed by atoms with Crippen LogP contribution in [-0.4, -0.2) is 40.7 Å². The number of methoxy groups -OCH3 is 1. The highest BCUT2D eigenvalue weighted by Gasteiger charge is 2.27. The van der Waals surface area contributed by atoms with Crippen molar-refractivity contribution in [3.05, 3.63) is 24.0 Å². The Hall–Kier alpha value is -1.26. The van der Waals surface area contributed by atoms with Crippen LogP contribution in [0, 0.1) is 0 Å². The van der Waals surface area contributed by atoms with Gasteiger partial charge in [-0.25, -0.2) is 4.98 Å². The molecule has 1 fully saturated rings. The first-order valence-corrected chi connectivity index (χ1v) is 8.13. The summed E-state index contributed by atoms with van der Waals surface area (Å²) in [6, 6.07) is 6.78. The number of imidazole rings is 1. The number of ether oxygens (including phenoxy) is 1. The first-order valence-electron chi connectivity index (χ1n) is 7.60. The van der Waals surface area contributed by atoms with Gasteiger partial charge in [-0.15, -0.1) is 11.6 Å². The van der Waals surface area contributed by atoms with Crippen molar-refractivity contribution in [1.82, 2.24) is 14.5 Å². The lowest BCUT2D eigenvalue weighted by atomic mass is 10.3. The summed E-state index contributed by atoms with van der Waals surface area (Å²) in [4.78, 5) is 7.17. The lowest BCUT2D eigenvalue weighted by molar-refractivity contribution is 0.266. The van der Waals surface area contributed by atoms with Crippen LogP contribution in [0.5, 0.6) is 5.75 Å². The summed E-state index contributed by atoms with van der Waals surface area (Å²) in [5.74, 6) is 2.23. The minimum atomic E-state index is 0.437. The number of alkyl halides is 1. The second-order valence-electron chi connectivity index (χ2n) is 5.53. The Morgan fingerprint density at radius 3 is 2.86 bits per heavy atom. The summed E-state index contributed by atoms with van der Waals surface area (Å²) in [6.45, 7) is 5.32. The average molecular weight is 308 g/mol. The van der Waals surface area contributed by atoms with Crippen LogP contribution >= 0.6 is 11.6 Å². The second kappa shape index (κ2) is 6.24. The molecule has 1 saturated carbocycles. The van der Waals surface area contributed by atoms with Crippen LogP contribution in [0.4, 0.5) is 0 Å². The third-order valence-electron chi connectivity index (χ3n) is 4.23. The number of nitrogens with zero attached hydrogens (tertiary/aromatic N) is 3. The molecule has 0 bridgehead atoms. The first-order chi connectivity index (χ1) is 10.3. The monoisotopic (exact) mass is 307 g/mol. The molecular formula is C16H22ClN3O. The fourth-order valence-electron chi connectivity index (χ4n) is 2.90. The van der Waals surface area contributed by atoms with E-state index in [2.05, 4.69) is 21.4 Å². The van der Waals surface area contributed by atoms with Crippen LogP contribution in [0.2, 0.25) is 0 Å². The molecule has 2 aromatic rings. The standard InChI is InChI=1S/C16H22ClN3O/c1-3-19(12-4-5-12)8-9-20-15-10-13(21-2)6-7-14(15)18-16(20)11-17/h6-7,10,12H,3-5,8-9,11H2,1-2H3. The lowest BCUT2D eigenvalue weighted by Crippen LogP contribution is -2.29. The lowest BCUT2D eigenvalue weighted by Gasteiger charge is -2.20. The van der Waals surface area contributed by atoms with Crippen molar-refractivity contribution < 1.29 is 4.74 Å². The fraction of sp³-hybridized carbons (Fsp3) is 0.562. The Kier molecular flexibility index (Phi) is 4.36. The van der Waals surface area contributed by atoms with E-state index < -0.39 is 0 Å². The molecule has 1 aliphatic carbocycles. The van der Waals surface area contributed by atoms with Gasteiger partial charge in [-0.2, -0.15) is 0 Å². The maximum atomic E-state index is 6.07. The zero-order valence-electron chi connectivity index (χ0n) is 12.7. The van der Waals surface area contributed by atoms with E-state index in [1.807, 2.05) is 18.2 Å². The number of hydrogen-bond donors (Lipinski definition) is 0. The molecule has 0 unspecified atom stereocenters. The molecule has 0 spiro atoms. The molecule has 1 aromatic heterocycles. The van der Waals surface area contributed by atoms with Gasteiger partial charge in [0.1, 0.15) is 11.6 Å². The Bertz CT molecular complexity index is 621. The number of benzene rings is 1. The topological polar surface area (TPSA) is 30.3 Å². The minimum absolute atomic E-state index is 0.437. The van der Waals surface area contributed by atoms with Crippen LogP contribution in [0.1, 0.15) is 25.6 Å². The van der Waals surface area contributed by atoms with E-state index in [9.17, 15) is 0 Å². The van der Waals surface area contributed by atoms with Crippen molar-refractivity contribution in [3.8, 4) is 5.75 Å².